The number of rotatable bonds is 6. The zero-order valence-electron chi connectivity index (χ0n) is 14.1. The topological polar surface area (TPSA) is 42.7 Å². The van der Waals surface area contributed by atoms with Gasteiger partial charge in [0.1, 0.15) is 11.6 Å². The molecule has 1 N–H and O–H groups in total. The zero-order valence-corrected chi connectivity index (χ0v) is 14.1. The highest BCUT2D eigenvalue weighted by molar-refractivity contribution is 5.83. The summed E-state index contributed by atoms with van der Waals surface area (Å²) in [6.07, 6.45) is 1.09. The second-order valence-electron chi connectivity index (χ2n) is 6.02. The van der Waals surface area contributed by atoms with Crippen molar-refractivity contribution in [3.05, 3.63) is 59.7 Å². The second kappa shape index (κ2) is 6.92. The smallest absolute Gasteiger partial charge is 0.147 e. The van der Waals surface area contributed by atoms with Gasteiger partial charge in [-0.1, -0.05) is 43.3 Å². The predicted molar refractivity (Wildman–Crippen MR) is 94.3 cm³/mol. The second-order valence-corrected chi connectivity index (χ2v) is 6.02. The third-order valence-electron chi connectivity index (χ3n) is 4.30. The Morgan fingerprint density at radius 2 is 1.87 bits per heavy atom. The number of aromatic nitrogens is 3. The van der Waals surface area contributed by atoms with Crippen molar-refractivity contribution in [3.8, 4) is 0 Å². The van der Waals surface area contributed by atoms with E-state index in [2.05, 4.69) is 76.4 Å². The van der Waals surface area contributed by atoms with Crippen LogP contribution in [0.25, 0.3) is 10.8 Å². The first-order valence-corrected chi connectivity index (χ1v) is 8.29. The standard InChI is InChI=1S/C19H24N4/c1-4-11-23-15(3)21-22-19(23)13-20-14(2)17-10-9-16-7-5-6-8-18(16)12-17/h5-10,12,14,20H,4,11,13H2,1-3H3. The summed E-state index contributed by atoms with van der Waals surface area (Å²) >= 11 is 0. The number of fused-ring (bicyclic) bond motifs is 1. The van der Waals surface area contributed by atoms with Crippen LogP contribution in [-0.4, -0.2) is 14.8 Å². The van der Waals surface area contributed by atoms with Gasteiger partial charge in [-0.3, -0.25) is 0 Å². The molecule has 0 bridgehead atoms. The molecule has 23 heavy (non-hydrogen) atoms. The van der Waals surface area contributed by atoms with Crippen molar-refractivity contribution in [2.75, 3.05) is 0 Å². The van der Waals surface area contributed by atoms with E-state index < -0.39 is 0 Å². The summed E-state index contributed by atoms with van der Waals surface area (Å²) in [5.74, 6) is 2.00. The van der Waals surface area contributed by atoms with Crippen LogP contribution in [0.3, 0.4) is 0 Å². The zero-order chi connectivity index (χ0) is 16.2. The maximum absolute atomic E-state index is 4.30. The number of benzene rings is 2. The molecule has 0 aliphatic heterocycles. The van der Waals surface area contributed by atoms with E-state index in [1.54, 1.807) is 0 Å². The Labute approximate surface area is 137 Å². The molecular formula is C19H24N4. The maximum atomic E-state index is 4.30. The lowest BCUT2D eigenvalue weighted by Crippen LogP contribution is -2.21. The summed E-state index contributed by atoms with van der Waals surface area (Å²) in [5.41, 5.74) is 1.29. The van der Waals surface area contributed by atoms with Crippen molar-refractivity contribution in [1.29, 1.82) is 0 Å². The lowest BCUT2D eigenvalue weighted by molar-refractivity contribution is 0.529. The summed E-state index contributed by atoms with van der Waals surface area (Å²) in [5, 5.41) is 14.6. The van der Waals surface area contributed by atoms with Gasteiger partial charge in [0, 0.05) is 12.6 Å². The molecule has 0 spiro atoms. The van der Waals surface area contributed by atoms with E-state index in [0.29, 0.717) is 0 Å². The van der Waals surface area contributed by atoms with Crippen LogP contribution in [0.2, 0.25) is 0 Å². The van der Waals surface area contributed by atoms with Gasteiger partial charge in [0.2, 0.25) is 0 Å². The highest BCUT2D eigenvalue weighted by atomic mass is 15.3. The molecule has 120 valence electrons. The van der Waals surface area contributed by atoms with Gasteiger partial charge in [0.25, 0.3) is 0 Å². The van der Waals surface area contributed by atoms with E-state index in [9.17, 15) is 0 Å². The quantitative estimate of drug-likeness (QED) is 0.748. The van der Waals surface area contributed by atoms with Gasteiger partial charge in [-0.25, -0.2) is 0 Å². The van der Waals surface area contributed by atoms with E-state index in [-0.39, 0.29) is 6.04 Å². The van der Waals surface area contributed by atoms with Crippen molar-refractivity contribution >= 4 is 10.8 Å². The number of aryl methyl sites for hydroxylation is 1. The number of nitrogens with one attached hydrogen (secondary N) is 1. The molecule has 0 fully saturated rings. The Morgan fingerprint density at radius 3 is 2.65 bits per heavy atom. The Balaban J connectivity index is 1.72. The Hall–Kier alpha value is -2.20. The van der Waals surface area contributed by atoms with Crippen LogP contribution in [0.15, 0.2) is 42.5 Å². The monoisotopic (exact) mass is 308 g/mol. The molecule has 1 heterocycles. The molecule has 1 atom stereocenters. The van der Waals surface area contributed by atoms with Gasteiger partial charge >= 0.3 is 0 Å². The lowest BCUT2D eigenvalue weighted by Gasteiger charge is -2.15. The number of hydrogen-bond acceptors (Lipinski definition) is 3. The minimum absolute atomic E-state index is 0.270. The van der Waals surface area contributed by atoms with Gasteiger partial charge in [-0.05, 0) is 42.7 Å². The third kappa shape index (κ3) is 3.42. The lowest BCUT2D eigenvalue weighted by atomic mass is 10.0. The highest BCUT2D eigenvalue weighted by Gasteiger charge is 2.11. The van der Waals surface area contributed by atoms with Gasteiger partial charge in [0.15, 0.2) is 0 Å². The summed E-state index contributed by atoms with van der Waals surface area (Å²) < 4.78 is 2.19. The molecule has 0 aliphatic carbocycles. The SMILES string of the molecule is CCCn1c(C)nnc1CNC(C)c1ccc2ccccc2c1. The summed E-state index contributed by atoms with van der Waals surface area (Å²) in [6, 6.07) is 15.4. The average molecular weight is 308 g/mol. The normalized spacial score (nSPS) is 12.7. The molecule has 2 aromatic carbocycles. The van der Waals surface area contributed by atoms with Gasteiger partial charge in [-0.2, -0.15) is 0 Å². The molecule has 4 heteroatoms. The minimum Gasteiger partial charge on any atom is -0.314 e. The molecule has 0 saturated heterocycles. The molecule has 0 saturated carbocycles. The molecule has 3 rings (SSSR count). The summed E-state index contributed by atoms with van der Waals surface area (Å²) in [7, 11) is 0. The van der Waals surface area contributed by atoms with Crippen molar-refractivity contribution in [3.63, 3.8) is 0 Å². The van der Waals surface area contributed by atoms with Crippen LogP contribution in [-0.2, 0) is 13.1 Å². The van der Waals surface area contributed by atoms with E-state index in [1.807, 2.05) is 6.92 Å². The van der Waals surface area contributed by atoms with E-state index in [0.717, 1.165) is 31.2 Å². The Kier molecular flexibility index (Phi) is 4.72. The molecule has 1 unspecified atom stereocenters. The van der Waals surface area contributed by atoms with Crippen molar-refractivity contribution in [2.24, 2.45) is 0 Å². The molecule has 0 aliphatic rings. The van der Waals surface area contributed by atoms with Crippen LogP contribution in [0, 0.1) is 6.92 Å². The van der Waals surface area contributed by atoms with Gasteiger partial charge in [0.05, 0.1) is 6.54 Å². The van der Waals surface area contributed by atoms with Crippen LogP contribution < -0.4 is 5.32 Å². The van der Waals surface area contributed by atoms with Gasteiger partial charge in [-0.15, -0.1) is 10.2 Å². The van der Waals surface area contributed by atoms with Crippen LogP contribution >= 0.6 is 0 Å². The molecule has 0 radical (unpaired) electrons. The summed E-state index contributed by atoms with van der Waals surface area (Å²) in [4.78, 5) is 0. The predicted octanol–water partition coefficient (Wildman–Crippen LogP) is 4.00. The summed E-state index contributed by atoms with van der Waals surface area (Å²) in [6.45, 7) is 8.08. The molecule has 0 amide bonds. The fourth-order valence-electron chi connectivity index (χ4n) is 2.91. The van der Waals surface area contributed by atoms with Crippen LogP contribution in [0.5, 0.6) is 0 Å². The van der Waals surface area contributed by atoms with E-state index >= 15 is 0 Å². The molecule has 1 aromatic heterocycles. The van der Waals surface area contributed by atoms with Crippen LogP contribution in [0.1, 0.15) is 43.5 Å². The van der Waals surface area contributed by atoms with Crippen molar-refractivity contribution in [1.82, 2.24) is 20.1 Å². The van der Waals surface area contributed by atoms with Crippen molar-refractivity contribution < 1.29 is 0 Å². The fourth-order valence-corrected chi connectivity index (χ4v) is 2.91. The molecular weight excluding hydrogens is 284 g/mol. The first-order chi connectivity index (χ1) is 11.2. The first kappa shape index (κ1) is 15.7. The number of nitrogens with zero attached hydrogens (tertiary/aromatic N) is 3. The van der Waals surface area contributed by atoms with E-state index in [4.69, 9.17) is 0 Å². The average Bonchev–Trinajstić information content (AvgIpc) is 2.93. The molecule has 4 nitrogen and oxygen atoms in total. The largest absolute Gasteiger partial charge is 0.314 e. The fraction of sp³-hybridized carbons (Fsp3) is 0.368. The first-order valence-electron chi connectivity index (χ1n) is 8.29. The van der Waals surface area contributed by atoms with E-state index in [1.165, 1.54) is 16.3 Å². The molecule has 3 aromatic rings. The van der Waals surface area contributed by atoms with Crippen LogP contribution in [0.4, 0.5) is 0 Å². The van der Waals surface area contributed by atoms with Crippen molar-refractivity contribution in [2.45, 2.75) is 46.3 Å². The maximum Gasteiger partial charge on any atom is 0.147 e. The Morgan fingerprint density at radius 1 is 1.09 bits per heavy atom. The minimum atomic E-state index is 0.270. The number of hydrogen-bond donors (Lipinski definition) is 1. The third-order valence-corrected chi connectivity index (χ3v) is 4.30. The Bertz CT molecular complexity index is 791. The highest BCUT2D eigenvalue weighted by Crippen LogP contribution is 2.20. The van der Waals surface area contributed by atoms with Gasteiger partial charge < -0.3 is 9.88 Å².